The number of hydrogen-bond donors (Lipinski definition) is 1. The Labute approximate surface area is 104 Å². The molecule has 0 aliphatic heterocycles. The summed E-state index contributed by atoms with van der Waals surface area (Å²) in [6.07, 6.45) is -4.39. The van der Waals surface area contributed by atoms with E-state index in [2.05, 4.69) is 5.32 Å². The first-order chi connectivity index (χ1) is 8.55. The molecule has 0 fully saturated rings. The topological polar surface area (TPSA) is 30.5 Å². The van der Waals surface area contributed by atoms with Crippen molar-refractivity contribution in [2.45, 2.75) is 6.18 Å². The van der Waals surface area contributed by atoms with Crippen molar-refractivity contribution in [1.29, 1.82) is 0 Å². The van der Waals surface area contributed by atoms with Crippen molar-refractivity contribution in [1.82, 2.24) is 5.32 Å². The van der Waals surface area contributed by atoms with E-state index in [1.807, 2.05) is 0 Å². The first-order valence-corrected chi connectivity index (χ1v) is 5.54. The van der Waals surface area contributed by atoms with Gasteiger partial charge < -0.3 is 14.8 Å². The highest BCUT2D eigenvalue weighted by molar-refractivity contribution is 5.35. The molecule has 1 aromatic carbocycles. The number of methoxy groups -OCH3 is 1. The largest absolute Gasteiger partial charge is 0.492 e. The molecule has 0 saturated heterocycles. The molecule has 0 aliphatic carbocycles. The summed E-state index contributed by atoms with van der Waals surface area (Å²) in [7, 11) is 1.58. The summed E-state index contributed by atoms with van der Waals surface area (Å²) < 4.78 is 47.8. The third-order valence-corrected chi connectivity index (χ3v) is 2.21. The smallest absolute Gasteiger partial charge is 0.419 e. The van der Waals surface area contributed by atoms with Gasteiger partial charge in [-0.3, -0.25) is 0 Å². The number of alkyl halides is 3. The number of hydrogen-bond acceptors (Lipinski definition) is 3. The highest BCUT2D eigenvalue weighted by atomic mass is 19.4. The van der Waals surface area contributed by atoms with Gasteiger partial charge in [-0.25, -0.2) is 0 Å². The van der Waals surface area contributed by atoms with Crippen LogP contribution in [0.3, 0.4) is 0 Å². The molecule has 0 aromatic heterocycles. The lowest BCUT2D eigenvalue weighted by molar-refractivity contribution is -0.138. The van der Waals surface area contributed by atoms with Gasteiger partial charge in [-0.2, -0.15) is 13.2 Å². The van der Waals surface area contributed by atoms with Crippen LogP contribution >= 0.6 is 0 Å². The fraction of sp³-hybridized carbons (Fsp3) is 0.500. The Morgan fingerprint density at radius 3 is 2.44 bits per heavy atom. The summed E-state index contributed by atoms with van der Waals surface area (Å²) in [6, 6.07) is 5.18. The highest BCUT2D eigenvalue weighted by Crippen LogP contribution is 2.35. The van der Waals surface area contributed by atoms with E-state index >= 15 is 0 Å². The van der Waals surface area contributed by atoms with Crippen LogP contribution in [-0.2, 0) is 10.9 Å². The van der Waals surface area contributed by atoms with Crippen molar-refractivity contribution >= 4 is 0 Å². The molecule has 6 heteroatoms. The van der Waals surface area contributed by atoms with Crippen LogP contribution < -0.4 is 10.1 Å². The zero-order valence-corrected chi connectivity index (χ0v) is 10.1. The van der Waals surface area contributed by atoms with Gasteiger partial charge in [0.15, 0.2) is 0 Å². The molecule has 1 rings (SSSR count). The number of benzene rings is 1. The van der Waals surface area contributed by atoms with E-state index in [-0.39, 0.29) is 12.4 Å². The Morgan fingerprint density at radius 1 is 1.11 bits per heavy atom. The average Bonchev–Trinajstić information content (AvgIpc) is 2.33. The second kappa shape index (κ2) is 7.23. The van der Waals surface area contributed by atoms with Crippen molar-refractivity contribution in [3.8, 4) is 5.75 Å². The van der Waals surface area contributed by atoms with E-state index in [1.54, 1.807) is 7.11 Å². The van der Waals surface area contributed by atoms with Crippen molar-refractivity contribution in [2.75, 3.05) is 33.4 Å². The molecule has 0 bridgehead atoms. The Bertz CT molecular complexity index is 355. The van der Waals surface area contributed by atoms with Gasteiger partial charge in [0.25, 0.3) is 0 Å². The first kappa shape index (κ1) is 14.8. The standard InChI is InChI=1S/C12H16F3NO2/c1-17-8-6-16-7-9-18-11-5-3-2-4-10(11)12(13,14)15/h2-5,16H,6-9H2,1H3. The molecule has 1 N–H and O–H groups in total. The number of para-hydroxylation sites is 1. The maximum absolute atomic E-state index is 12.6. The van der Waals surface area contributed by atoms with Crippen molar-refractivity contribution in [2.24, 2.45) is 0 Å². The van der Waals surface area contributed by atoms with Crippen LogP contribution in [0.25, 0.3) is 0 Å². The molecular formula is C12H16F3NO2. The molecule has 102 valence electrons. The molecule has 0 unspecified atom stereocenters. The molecule has 0 aliphatic rings. The molecule has 0 saturated carbocycles. The van der Waals surface area contributed by atoms with Gasteiger partial charge in [-0.05, 0) is 12.1 Å². The second-order valence-corrected chi connectivity index (χ2v) is 3.59. The summed E-state index contributed by atoms with van der Waals surface area (Å²) in [5.41, 5.74) is -0.748. The molecule has 3 nitrogen and oxygen atoms in total. The predicted molar refractivity (Wildman–Crippen MR) is 61.7 cm³/mol. The molecule has 0 heterocycles. The minimum Gasteiger partial charge on any atom is -0.492 e. The number of halogens is 3. The Morgan fingerprint density at radius 2 is 1.78 bits per heavy atom. The van der Waals surface area contributed by atoms with Crippen LogP contribution in [0.15, 0.2) is 24.3 Å². The molecule has 18 heavy (non-hydrogen) atoms. The number of rotatable bonds is 7. The van der Waals surface area contributed by atoms with Crippen LogP contribution in [0.2, 0.25) is 0 Å². The summed E-state index contributed by atoms with van der Waals surface area (Å²) in [6.45, 7) is 1.84. The predicted octanol–water partition coefficient (Wildman–Crippen LogP) is 2.32. The van der Waals surface area contributed by atoms with Gasteiger partial charge in [-0.15, -0.1) is 0 Å². The van der Waals surface area contributed by atoms with Crippen LogP contribution in [0.5, 0.6) is 5.75 Å². The molecular weight excluding hydrogens is 247 g/mol. The maximum Gasteiger partial charge on any atom is 0.419 e. The van der Waals surface area contributed by atoms with E-state index in [1.165, 1.54) is 18.2 Å². The van der Waals surface area contributed by atoms with Gasteiger partial charge in [0.1, 0.15) is 12.4 Å². The SMILES string of the molecule is COCCNCCOc1ccccc1C(F)(F)F. The minimum absolute atomic E-state index is 0.140. The normalized spacial score (nSPS) is 11.6. The van der Waals surface area contributed by atoms with Gasteiger partial charge >= 0.3 is 6.18 Å². The van der Waals surface area contributed by atoms with E-state index in [0.29, 0.717) is 19.7 Å². The van der Waals surface area contributed by atoms with Gasteiger partial charge in [0.2, 0.25) is 0 Å². The molecule has 0 radical (unpaired) electrons. The van der Waals surface area contributed by atoms with E-state index < -0.39 is 11.7 Å². The number of nitrogens with one attached hydrogen (secondary N) is 1. The third kappa shape index (κ3) is 4.93. The zero-order valence-electron chi connectivity index (χ0n) is 10.1. The van der Waals surface area contributed by atoms with E-state index in [0.717, 1.165) is 6.07 Å². The minimum atomic E-state index is -4.39. The van der Waals surface area contributed by atoms with Crippen LogP contribution in [0.1, 0.15) is 5.56 Å². The van der Waals surface area contributed by atoms with Crippen molar-refractivity contribution in [3.05, 3.63) is 29.8 Å². The van der Waals surface area contributed by atoms with Crippen molar-refractivity contribution in [3.63, 3.8) is 0 Å². The van der Waals surface area contributed by atoms with Gasteiger partial charge in [0.05, 0.1) is 12.2 Å². The summed E-state index contributed by atoms with van der Waals surface area (Å²) in [5.74, 6) is -0.140. The summed E-state index contributed by atoms with van der Waals surface area (Å²) in [4.78, 5) is 0. The quantitative estimate of drug-likeness (QED) is 0.766. The van der Waals surface area contributed by atoms with Gasteiger partial charge in [-0.1, -0.05) is 12.1 Å². The Hall–Kier alpha value is -1.27. The Kier molecular flexibility index (Phi) is 5.94. The van der Waals surface area contributed by atoms with E-state index in [9.17, 15) is 13.2 Å². The van der Waals surface area contributed by atoms with Crippen LogP contribution in [-0.4, -0.2) is 33.4 Å². The summed E-state index contributed by atoms with van der Waals surface area (Å²) >= 11 is 0. The molecule has 0 atom stereocenters. The Balaban J connectivity index is 2.43. The van der Waals surface area contributed by atoms with Crippen molar-refractivity contribution < 1.29 is 22.6 Å². The lowest BCUT2D eigenvalue weighted by Crippen LogP contribution is -2.25. The fourth-order valence-corrected chi connectivity index (χ4v) is 1.36. The van der Waals surface area contributed by atoms with Crippen LogP contribution in [0, 0.1) is 0 Å². The highest BCUT2D eigenvalue weighted by Gasteiger charge is 2.33. The fourth-order valence-electron chi connectivity index (χ4n) is 1.36. The molecule has 1 aromatic rings. The number of ether oxygens (including phenoxy) is 2. The molecule has 0 amide bonds. The lowest BCUT2D eigenvalue weighted by Gasteiger charge is -2.13. The van der Waals surface area contributed by atoms with E-state index in [4.69, 9.17) is 9.47 Å². The maximum atomic E-state index is 12.6. The average molecular weight is 263 g/mol. The zero-order chi connectivity index (χ0) is 13.4. The monoisotopic (exact) mass is 263 g/mol. The second-order valence-electron chi connectivity index (χ2n) is 3.59. The lowest BCUT2D eigenvalue weighted by atomic mass is 10.2. The first-order valence-electron chi connectivity index (χ1n) is 5.54. The summed E-state index contributed by atoms with van der Waals surface area (Å²) in [5, 5.41) is 2.98. The third-order valence-electron chi connectivity index (χ3n) is 2.21. The van der Waals surface area contributed by atoms with Gasteiger partial charge in [0, 0.05) is 20.2 Å². The molecule has 0 spiro atoms. The van der Waals surface area contributed by atoms with Crippen LogP contribution in [0.4, 0.5) is 13.2 Å².